The number of carbonyl (C=O) groups excluding carboxylic acids is 1. The zero-order valence-corrected chi connectivity index (χ0v) is 11.4. The Kier molecular flexibility index (Phi) is 3.10. The molecule has 0 atom stereocenters. The molecule has 1 aromatic heterocycles. The molecule has 2 heterocycles. The summed E-state index contributed by atoms with van der Waals surface area (Å²) in [5.74, 6) is 2.32. The maximum Gasteiger partial charge on any atom is 0.287 e. The molecule has 0 spiro atoms. The molecule has 0 fully saturated rings. The summed E-state index contributed by atoms with van der Waals surface area (Å²) >= 11 is 0. The van der Waals surface area contributed by atoms with Crippen molar-refractivity contribution in [3.8, 4) is 11.5 Å². The van der Waals surface area contributed by atoms with Crippen LogP contribution in [0.15, 0.2) is 28.7 Å². The van der Waals surface area contributed by atoms with Crippen LogP contribution in [0.2, 0.25) is 0 Å². The van der Waals surface area contributed by atoms with Crippen LogP contribution < -0.4 is 14.8 Å². The molecule has 3 rings (SSSR count). The number of hydrogen-bond acceptors (Lipinski definition) is 4. The van der Waals surface area contributed by atoms with Gasteiger partial charge in [-0.1, -0.05) is 6.07 Å². The highest BCUT2D eigenvalue weighted by atomic mass is 16.7. The molecule has 0 unspecified atom stereocenters. The predicted molar refractivity (Wildman–Crippen MR) is 71.9 cm³/mol. The predicted octanol–water partition coefficient (Wildman–Crippen LogP) is 2.56. The smallest absolute Gasteiger partial charge is 0.287 e. The third kappa shape index (κ3) is 2.34. The van der Waals surface area contributed by atoms with Crippen LogP contribution in [0.1, 0.15) is 27.4 Å². The Bertz CT molecular complexity index is 640. The Hall–Kier alpha value is -2.43. The van der Waals surface area contributed by atoms with Crippen LogP contribution in [0, 0.1) is 13.8 Å². The first kappa shape index (κ1) is 12.6. The molecule has 2 aromatic rings. The third-order valence-corrected chi connectivity index (χ3v) is 3.28. The SMILES string of the molecule is Cc1cc(C(=O)NCc2ccc3c(c2)OCO3)oc1C. The van der Waals surface area contributed by atoms with Crippen LogP contribution in [0.5, 0.6) is 11.5 Å². The van der Waals surface area contributed by atoms with Crippen molar-refractivity contribution in [3.05, 3.63) is 46.9 Å². The molecular weight excluding hydrogens is 258 g/mol. The molecule has 0 saturated heterocycles. The summed E-state index contributed by atoms with van der Waals surface area (Å²) in [6.45, 7) is 4.40. The first-order valence-corrected chi connectivity index (χ1v) is 6.37. The van der Waals surface area contributed by atoms with E-state index in [9.17, 15) is 4.79 Å². The number of furan rings is 1. The fourth-order valence-electron chi connectivity index (χ4n) is 2.01. The second-order valence-corrected chi connectivity index (χ2v) is 4.72. The number of amides is 1. The van der Waals surface area contributed by atoms with Gasteiger partial charge in [-0.3, -0.25) is 4.79 Å². The summed E-state index contributed by atoms with van der Waals surface area (Å²) in [5, 5.41) is 2.82. The lowest BCUT2D eigenvalue weighted by Gasteiger charge is -2.04. The van der Waals surface area contributed by atoms with Crippen LogP contribution in [-0.2, 0) is 6.54 Å². The van der Waals surface area contributed by atoms with E-state index in [0.29, 0.717) is 18.1 Å². The minimum absolute atomic E-state index is 0.223. The second-order valence-electron chi connectivity index (χ2n) is 4.72. The van der Waals surface area contributed by atoms with Crippen LogP contribution in [-0.4, -0.2) is 12.7 Å². The largest absolute Gasteiger partial charge is 0.456 e. The topological polar surface area (TPSA) is 60.7 Å². The normalized spacial score (nSPS) is 12.5. The van der Waals surface area contributed by atoms with Crippen LogP contribution in [0.25, 0.3) is 0 Å². The molecule has 0 bridgehead atoms. The molecule has 1 N–H and O–H groups in total. The van der Waals surface area contributed by atoms with Crippen molar-refractivity contribution in [2.45, 2.75) is 20.4 Å². The summed E-state index contributed by atoms with van der Waals surface area (Å²) < 4.78 is 15.9. The van der Waals surface area contributed by atoms with Gasteiger partial charge in [0.2, 0.25) is 6.79 Å². The summed E-state index contributed by atoms with van der Waals surface area (Å²) in [6.07, 6.45) is 0. The van der Waals surface area contributed by atoms with E-state index in [1.807, 2.05) is 32.0 Å². The monoisotopic (exact) mass is 273 g/mol. The molecule has 1 amide bonds. The Labute approximate surface area is 116 Å². The Morgan fingerprint density at radius 2 is 2.00 bits per heavy atom. The molecule has 104 valence electrons. The van der Waals surface area contributed by atoms with Crippen molar-refractivity contribution in [1.29, 1.82) is 0 Å². The van der Waals surface area contributed by atoms with Crippen molar-refractivity contribution in [2.24, 2.45) is 0 Å². The lowest BCUT2D eigenvalue weighted by molar-refractivity contribution is 0.0922. The van der Waals surface area contributed by atoms with Crippen molar-refractivity contribution in [3.63, 3.8) is 0 Å². The number of fused-ring (bicyclic) bond motifs is 1. The first-order chi connectivity index (χ1) is 9.63. The van der Waals surface area contributed by atoms with Gasteiger partial charge in [0.25, 0.3) is 5.91 Å². The second kappa shape index (κ2) is 4.92. The molecule has 1 aliphatic rings. The van der Waals surface area contributed by atoms with Gasteiger partial charge in [-0.05, 0) is 43.2 Å². The van der Waals surface area contributed by atoms with Gasteiger partial charge in [-0.25, -0.2) is 0 Å². The van der Waals surface area contributed by atoms with Crippen molar-refractivity contribution in [2.75, 3.05) is 6.79 Å². The number of ether oxygens (including phenoxy) is 2. The summed E-state index contributed by atoms with van der Waals surface area (Å²) in [6, 6.07) is 7.34. The maximum atomic E-state index is 12.0. The number of hydrogen-bond donors (Lipinski definition) is 1. The van der Waals surface area contributed by atoms with E-state index in [1.165, 1.54) is 0 Å². The zero-order chi connectivity index (χ0) is 14.1. The minimum atomic E-state index is -0.223. The summed E-state index contributed by atoms with van der Waals surface area (Å²) in [5.41, 5.74) is 1.92. The van der Waals surface area contributed by atoms with E-state index in [0.717, 1.165) is 22.6 Å². The van der Waals surface area contributed by atoms with Gasteiger partial charge >= 0.3 is 0 Å². The van der Waals surface area contributed by atoms with Gasteiger partial charge in [0.15, 0.2) is 17.3 Å². The summed E-state index contributed by atoms with van der Waals surface area (Å²) in [4.78, 5) is 12.0. The van der Waals surface area contributed by atoms with Gasteiger partial charge in [0.05, 0.1) is 0 Å². The van der Waals surface area contributed by atoms with E-state index >= 15 is 0 Å². The van der Waals surface area contributed by atoms with Gasteiger partial charge in [-0.15, -0.1) is 0 Å². The zero-order valence-electron chi connectivity index (χ0n) is 11.4. The highest BCUT2D eigenvalue weighted by molar-refractivity contribution is 5.91. The van der Waals surface area contributed by atoms with Gasteiger partial charge in [0.1, 0.15) is 5.76 Å². The lowest BCUT2D eigenvalue weighted by Crippen LogP contribution is -2.22. The molecule has 1 aliphatic heterocycles. The molecule has 5 nitrogen and oxygen atoms in total. The van der Waals surface area contributed by atoms with E-state index < -0.39 is 0 Å². The molecule has 1 aromatic carbocycles. The van der Waals surface area contributed by atoms with Crippen LogP contribution in [0.4, 0.5) is 0 Å². The molecular formula is C15H15NO4. The minimum Gasteiger partial charge on any atom is -0.456 e. The molecule has 0 aliphatic carbocycles. The van der Waals surface area contributed by atoms with E-state index in [1.54, 1.807) is 6.07 Å². The van der Waals surface area contributed by atoms with Gasteiger partial charge in [-0.2, -0.15) is 0 Å². The Morgan fingerprint density at radius 3 is 2.75 bits per heavy atom. The van der Waals surface area contributed by atoms with E-state index in [-0.39, 0.29) is 12.7 Å². The summed E-state index contributed by atoms with van der Waals surface area (Å²) in [7, 11) is 0. The van der Waals surface area contributed by atoms with Crippen molar-refractivity contribution in [1.82, 2.24) is 5.32 Å². The van der Waals surface area contributed by atoms with Gasteiger partial charge in [0, 0.05) is 6.54 Å². The maximum absolute atomic E-state index is 12.0. The number of rotatable bonds is 3. The van der Waals surface area contributed by atoms with Crippen LogP contribution in [0.3, 0.4) is 0 Å². The number of nitrogens with one attached hydrogen (secondary N) is 1. The van der Waals surface area contributed by atoms with Crippen LogP contribution >= 0.6 is 0 Å². The van der Waals surface area contributed by atoms with E-state index in [2.05, 4.69) is 5.32 Å². The standard InChI is InChI=1S/C15H15NO4/c1-9-5-14(20-10(9)2)15(17)16-7-11-3-4-12-13(6-11)19-8-18-12/h3-6H,7-8H2,1-2H3,(H,16,17). The number of benzene rings is 1. The Morgan fingerprint density at radius 1 is 1.20 bits per heavy atom. The number of carbonyl (C=O) groups is 1. The fraction of sp³-hybridized carbons (Fsp3) is 0.267. The molecule has 0 radical (unpaired) electrons. The van der Waals surface area contributed by atoms with Gasteiger partial charge < -0.3 is 19.2 Å². The fourth-order valence-corrected chi connectivity index (χ4v) is 2.01. The molecule has 20 heavy (non-hydrogen) atoms. The average Bonchev–Trinajstić information content (AvgIpc) is 3.03. The molecule has 0 saturated carbocycles. The van der Waals surface area contributed by atoms with Crippen molar-refractivity contribution >= 4 is 5.91 Å². The third-order valence-electron chi connectivity index (χ3n) is 3.28. The first-order valence-electron chi connectivity index (χ1n) is 6.37. The highest BCUT2D eigenvalue weighted by Gasteiger charge is 2.15. The number of aryl methyl sites for hydroxylation is 2. The highest BCUT2D eigenvalue weighted by Crippen LogP contribution is 2.32. The molecule has 5 heteroatoms. The lowest BCUT2D eigenvalue weighted by atomic mass is 10.2. The quantitative estimate of drug-likeness (QED) is 0.933. The average molecular weight is 273 g/mol. The van der Waals surface area contributed by atoms with Crippen molar-refractivity contribution < 1.29 is 18.7 Å². The van der Waals surface area contributed by atoms with E-state index in [4.69, 9.17) is 13.9 Å². The Balaban J connectivity index is 1.66.